The number of nitrogens with zero attached hydrogens (tertiary/aromatic N) is 3. The minimum Gasteiger partial charge on any atom is -0.456 e. The van der Waals surface area contributed by atoms with Gasteiger partial charge in [0.15, 0.2) is 11.4 Å². The number of fused-ring (bicyclic) bond motifs is 7. The molecule has 0 saturated heterocycles. The Labute approximate surface area is 274 Å². The molecule has 6 nitrogen and oxygen atoms in total. The summed E-state index contributed by atoms with van der Waals surface area (Å²) in [5.74, 6) is 1.44. The number of benzene rings is 6. The maximum Gasteiger partial charge on any atom is 0.159 e. The fraction of sp³-hybridized carbons (Fsp3) is 0.0238. The van der Waals surface area contributed by atoms with Crippen LogP contribution in [0.2, 0.25) is 0 Å². The number of aromatic nitrogens is 1. The number of rotatable bonds is 4. The molecule has 48 heavy (non-hydrogen) atoms. The Morgan fingerprint density at radius 2 is 1.27 bits per heavy atom. The zero-order valence-corrected chi connectivity index (χ0v) is 25.6. The standard InChI is InChI=1S/C42H26N4O2/c1-2-10-25(11-3-1)40-44-41(46-42(45-40)32-16-8-18-34-37(32)31-13-4-5-17-33(31)47-34)27-21-22-28-26(24-27)12-6-14-29(28)30-15-7-19-35-38(30)39-36(48-35)20-9-23-43-39/h1-24,41H,(H,44,45,46). The summed E-state index contributed by atoms with van der Waals surface area (Å²) in [5.41, 5.74) is 9.37. The third-order valence-electron chi connectivity index (χ3n) is 9.20. The van der Waals surface area contributed by atoms with Crippen LogP contribution in [0.4, 0.5) is 0 Å². The number of para-hydroxylation sites is 1. The molecule has 1 unspecified atom stereocenters. The minimum absolute atomic E-state index is 0.361. The molecule has 1 atom stereocenters. The van der Waals surface area contributed by atoms with Crippen molar-refractivity contribution in [3.8, 4) is 11.1 Å². The van der Waals surface area contributed by atoms with E-state index in [-0.39, 0.29) is 6.17 Å². The second-order valence-corrected chi connectivity index (χ2v) is 12.0. The van der Waals surface area contributed by atoms with E-state index in [1.54, 1.807) is 0 Å². The lowest BCUT2D eigenvalue weighted by Crippen LogP contribution is -2.33. The van der Waals surface area contributed by atoms with E-state index in [9.17, 15) is 0 Å². The van der Waals surface area contributed by atoms with E-state index in [1.165, 1.54) is 0 Å². The van der Waals surface area contributed by atoms with Gasteiger partial charge in [0.2, 0.25) is 0 Å². The number of pyridine rings is 1. The average Bonchev–Trinajstić information content (AvgIpc) is 3.73. The van der Waals surface area contributed by atoms with Gasteiger partial charge in [-0.3, -0.25) is 4.98 Å². The zero-order chi connectivity index (χ0) is 31.6. The lowest BCUT2D eigenvalue weighted by atomic mass is 9.94. The van der Waals surface area contributed by atoms with Crippen LogP contribution >= 0.6 is 0 Å². The molecule has 6 heteroatoms. The Morgan fingerprint density at radius 1 is 0.542 bits per heavy atom. The van der Waals surface area contributed by atoms with Gasteiger partial charge in [-0.05, 0) is 63.9 Å². The summed E-state index contributed by atoms with van der Waals surface area (Å²) in [6.07, 6.45) is 1.46. The van der Waals surface area contributed by atoms with Gasteiger partial charge in [-0.2, -0.15) is 0 Å². The number of aliphatic imine (C=N–C) groups is 2. The predicted molar refractivity (Wildman–Crippen MR) is 194 cm³/mol. The molecule has 0 radical (unpaired) electrons. The van der Waals surface area contributed by atoms with E-state index in [4.69, 9.17) is 18.8 Å². The van der Waals surface area contributed by atoms with Crippen molar-refractivity contribution in [1.29, 1.82) is 0 Å². The molecule has 0 aliphatic carbocycles. The zero-order valence-electron chi connectivity index (χ0n) is 25.6. The molecule has 6 aromatic carbocycles. The first kappa shape index (κ1) is 26.7. The lowest BCUT2D eigenvalue weighted by molar-refractivity contribution is 0.667. The molecule has 4 heterocycles. The van der Waals surface area contributed by atoms with Crippen LogP contribution in [-0.4, -0.2) is 16.7 Å². The molecule has 1 N–H and O–H groups in total. The molecule has 1 aliphatic heterocycles. The Hall–Kier alpha value is -6.53. The van der Waals surface area contributed by atoms with Crippen molar-refractivity contribution < 1.29 is 8.83 Å². The van der Waals surface area contributed by atoms with Gasteiger partial charge in [0, 0.05) is 28.1 Å². The number of hydrogen-bond donors (Lipinski definition) is 1. The van der Waals surface area contributed by atoms with E-state index in [0.717, 1.165) is 88.4 Å². The monoisotopic (exact) mass is 618 g/mol. The second kappa shape index (κ2) is 10.5. The summed E-state index contributed by atoms with van der Waals surface area (Å²) in [7, 11) is 0. The Bertz CT molecular complexity index is 2770. The van der Waals surface area contributed by atoms with Crippen molar-refractivity contribution in [1.82, 2.24) is 10.3 Å². The molecule has 0 fully saturated rings. The number of hydrogen-bond acceptors (Lipinski definition) is 6. The Balaban J connectivity index is 1.12. The lowest BCUT2D eigenvalue weighted by Gasteiger charge is -2.24. The molecule has 0 spiro atoms. The summed E-state index contributed by atoms with van der Waals surface area (Å²) >= 11 is 0. The highest BCUT2D eigenvalue weighted by Gasteiger charge is 2.24. The first-order chi connectivity index (χ1) is 23.8. The van der Waals surface area contributed by atoms with Gasteiger partial charge < -0.3 is 14.2 Å². The summed E-state index contributed by atoms with van der Waals surface area (Å²) in [5, 5.41) is 9.06. The fourth-order valence-electron chi connectivity index (χ4n) is 7.02. The number of amidine groups is 2. The normalized spacial score (nSPS) is 14.9. The summed E-state index contributed by atoms with van der Waals surface area (Å²) in [6, 6.07) is 47.5. The molecule has 9 aromatic rings. The van der Waals surface area contributed by atoms with Gasteiger partial charge in [-0.25, -0.2) is 9.98 Å². The SMILES string of the molecule is c1ccc(C2=NC(c3ccc4c(-c5cccc6oc7cccnc7c56)cccc4c3)NC(c3cccc4oc5ccccc5c34)=N2)cc1. The Morgan fingerprint density at radius 3 is 2.19 bits per heavy atom. The molecule has 0 saturated carbocycles. The van der Waals surface area contributed by atoms with Gasteiger partial charge in [0.25, 0.3) is 0 Å². The molecule has 226 valence electrons. The van der Waals surface area contributed by atoms with Crippen LogP contribution in [0.1, 0.15) is 22.9 Å². The highest BCUT2D eigenvalue weighted by molar-refractivity contribution is 6.22. The van der Waals surface area contributed by atoms with E-state index in [1.807, 2.05) is 79.0 Å². The van der Waals surface area contributed by atoms with Crippen LogP contribution in [0.25, 0.3) is 65.9 Å². The number of furan rings is 2. The maximum atomic E-state index is 6.23. The molecular formula is C42H26N4O2. The predicted octanol–water partition coefficient (Wildman–Crippen LogP) is 10.2. The third-order valence-corrected chi connectivity index (χ3v) is 9.20. The van der Waals surface area contributed by atoms with Crippen molar-refractivity contribution in [3.05, 3.63) is 162 Å². The van der Waals surface area contributed by atoms with Gasteiger partial charge >= 0.3 is 0 Å². The van der Waals surface area contributed by atoms with Crippen molar-refractivity contribution in [2.24, 2.45) is 9.98 Å². The van der Waals surface area contributed by atoms with Crippen molar-refractivity contribution in [2.75, 3.05) is 0 Å². The van der Waals surface area contributed by atoms with E-state index < -0.39 is 0 Å². The number of nitrogens with one attached hydrogen (secondary N) is 1. The summed E-state index contributed by atoms with van der Waals surface area (Å²) < 4.78 is 12.4. The summed E-state index contributed by atoms with van der Waals surface area (Å²) in [6.45, 7) is 0. The van der Waals surface area contributed by atoms with E-state index in [2.05, 4.69) is 77.0 Å². The first-order valence-electron chi connectivity index (χ1n) is 16.0. The van der Waals surface area contributed by atoms with Gasteiger partial charge in [0.05, 0.1) is 5.39 Å². The molecule has 1 aliphatic rings. The van der Waals surface area contributed by atoms with Crippen LogP contribution in [-0.2, 0) is 0 Å². The van der Waals surface area contributed by atoms with Crippen molar-refractivity contribution in [3.63, 3.8) is 0 Å². The topological polar surface area (TPSA) is 75.9 Å². The van der Waals surface area contributed by atoms with Crippen LogP contribution < -0.4 is 5.32 Å². The van der Waals surface area contributed by atoms with Gasteiger partial charge in [-0.15, -0.1) is 0 Å². The van der Waals surface area contributed by atoms with Crippen LogP contribution in [0.5, 0.6) is 0 Å². The van der Waals surface area contributed by atoms with Crippen LogP contribution in [0.15, 0.2) is 165 Å². The van der Waals surface area contributed by atoms with Crippen molar-refractivity contribution in [2.45, 2.75) is 6.17 Å². The largest absolute Gasteiger partial charge is 0.456 e. The highest BCUT2D eigenvalue weighted by Crippen LogP contribution is 2.39. The molecule has 0 bridgehead atoms. The minimum atomic E-state index is -0.361. The average molecular weight is 619 g/mol. The Kier molecular flexibility index (Phi) is 5.84. The maximum absolute atomic E-state index is 6.23. The second-order valence-electron chi connectivity index (χ2n) is 12.0. The molecule has 10 rings (SSSR count). The highest BCUT2D eigenvalue weighted by atomic mass is 16.3. The smallest absolute Gasteiger partial charge is 0.159 e. The van der Waals surface area contributed by atoms with Gasteiger partial charge in [0.1, 0.15) is 34.3 Å². The third kappa shape index (κ3) is 4.16. The molecule has 3 aromatic heterocycles. The quantitative estimate of drug-likeness (QED) is 0.213. The van der Waals surface area contributed by atoms with Crippen molar-refractivity contribution >= 4 is 66.5 Å². The molecule has 0 amide bonds. The van der Waals surface area contributed by atoms with E-state index in [0.29, 0.717) is 5.84 Å². The summed E-state index contributed by atoms with van der Waals surface area (Å²) in [4.78, 5) is 14.9. The molecular weight excluding hydrogens is 592 g/mol. The van der Waals surface area contributed by atoms with Crippen LogP contribution in [0, 0.1) is 0 Å². The van der Waals surface area contributed by atoms with Gasteiger partial charge in [-0.1, -0.05) is 103 Å². The fourth-order valence-corrected chi connectivity index (χ4v) is 7.02. The first-order valence-corrected chi connectivity index (χ1v) is 16.0. The van der Waals surface area contributed by atoms with Crippen LogP contribution in [0.3, 0.4) is 0 Å². The van der Waals surface area contributed by atoms with E-state index >= 15 is 0 Å².